The molecule has 0 saturated carbocycles. The topological polar surface area (TPSA) is 46.6 Å². The number of rotatable bonds is 6. The predicted molar refractivity (Wildman–Crippen MR) is 80.0 cm³/mol. The summed E-state index contributed by atoms with van der Waals surface area (Å²) in [4.78, 5) is 0.229. The maximum atomic E-state index is 12.5. The monoisotopic (exact) mass is 369 g/mol. The van der Waals surface area contributed by atoms with Crippen molar-refractivity contribution in [3.63, 3.8) is 0 Å². The highest BCUT2D eigenvalue weighted by Crippen LogP contribution is 2.27. The van der Waals surface area contributed by atoms with Crippen LogP contribution >= 0.6 is 27.5 Å². The van der Waals surface area contributed by atoms with E-state index in [9.17, 15) is 8.42 Å². The van der Waals surface area contributed by atoms with Gasteiger partial charge in [-0.25, -0.2) is 8.42 Å². The SMILES string of the molecule is COCC(C)N(C)S(=O)(=O)c1ccc(CCl)cc1Br. The fourth-order valence-electron chi connectivity index (χ4n) is 1.57. The second-order valence-corrected chi connectivity index (χ2v) is 7.31. The van der Waals surface area contributed by atoms with E-state index in [0.29, 0.717) is 17.0 Å². The Morgan fingerprint density at radius 1 is 1.47 bits per heavy atom. The van der Waals surface area contributed by atoms with Crippen LogP contribution in [0.2, 0.25) is 0 Å². The first-order chi connectivity index (χ1) is 8.84. The number of alkyl halides is 1. The number of benzene rings is 1. The zero-order valence-electron chi connectivity index (χ0n) is 11.1. The van der Waals surface area contributed by atoms with Gasteiger partial charge in [0.1, 0.15) is 0 Å². The molecule has 1 rings (SSSR count). The molecular weight excluding hydrogens is 354 g/mol. The lowest BCUT2D eigenvalue weighted by atomic mass is 10.2. The van der Waals surface area contributed by atoms with Crippen LogP contribution in [-0.2, 0) is 20.6 Å². The van der Waals surface area contributed by atoms with Crippen molar-refractivity contribution < 1.29 is 13.2 Å². The third-order valence-electron chi connectivity index (χ3n) is 2.84. The summed E-state index contributed by atoms with van der Waals surface area (Å²) in [5.74, 6) is 0.342. The van der Waals surface area contributed by atoms with Gasteiger partial charge < -0.3 is 4.74 Å². The van der Waals surface area contributed by atoms with E-state index in [0.717, 1.165) is 5.56 Å². The Labute approximate surface area is 127 Å². The highest BCUT2D eigenvalue weighted by atomic mass is 79.9. The standard InChI is InChI=1S/C12H17BrClNO3S/c1-9(8-18-3)15(2)19(16,17)12-5-4-10(7-14)6-11(12)13/h4-6,9H,7-8H2,1-3H3. The van der Waals surface area contributed by atoms with Gasteiger partial charge in [-0.05, 0) is 40.5 Å². The van der Waals surface area contributed by atoms with E-state index in [-0.39, 0.29) is 10.9 Å². The molecule has 4 nitrogen and oxygen atoms in total. The molecule has 7 heteroatoms. The van der Waals surface area contributed by atoms with Crippen LogP contribution < -0.4 is 0 Å². The zero-order valence-corrected chi connectivity index (χ0v) is 14.2. The Hall–Kier alpha value is -0.140. The van der Waals surface area contributed by atoms with Crippen molar-refractivity contribution in [2.75, 3.05) is 20.8 Å². The molecule has 0 aliphatic heterocycles. The third-order valence-corrected chi connectivity index (χ3v) is 6.09. The molecule has 0 aliphatic rings. The van der Waals surface area contributed by atoms with Gasteiger partial charge in [0, 0.05) is 30.6 Å². The second kappa shape index (κ2) is 7.04. The van der Waals surface area contributed by atoms with Crippen molar-refractivity contribution in [1.29, 1.82) is 0 Å². The number of methoxy groups -OCH3 is 1. The van der Waals surface area contributed by atoms with Crippen LogP contribution in [0.4, 0.5) is 0 Å². The quantitative estimate of drug-likeness (QED) is 0.723. The van der Waals surface area contributed by atoms with Gasteiger partial charge in [0.2, 0.25) is 10.0 Å². The Morgan fingerprint density at radius 2 is 2.11 bits per heavy atom. The summed E-state index contributed by atoms with van der Waals surface area (Å²) < 4.78 is 31.8. The largest absolute Gasteiger partial charge is 0.383 e. The van der Waals surface area contributed by atoms with Gasteiger partial charge in [0.25, 0.3) is 0 Å². The predicted octanol–water partition coefficient (Wildman–Crippen LogP) is 2.84. The lowest BCUT2D eigenvalue weighted by Gasteiger charge is -2.24. The van der Waals surface area contributed by atoms with E-state index in [4.69, 9.17) is 16.3 Å². The number of nitrogens with zero attached hydrogens (tertiary/aromatic N) is 1. The van der Waals surface area contributed by atoms with E-state index in [1.807, 2.05) is 0 Å². The Bertz CT molecular complexity index is 536. The average Bonchev–Trinajstić information content (AvgIpc) is 2.37. The zero-order chi connectivity index (χ0) is 14.6. The van der Waals surface area contributed by atoms with Crippen LogP contribution in [0.1, 0.15) is 12.5 Å². The first kappa shape index (κ1) is 16.9. The van der Waals surface area contributed by atoms with Crippen molar-refractivity contribution in [2.45, 2.75) is 23.7 Å². The van der Waals surface area contributed by atoms with Crippen LogP contribution in [0.3, 0.4) is 0 Å². The molecule has 0 bridgehead atoms. The minimum atomic E-state index is -3.55. The highest BCUT2D eigenvalue weighted by molar-refractivity contribution is 9.10. The van der Waals surface area contributed by atoms with Crippen molar-refractivity contribution in [3.05, 3.63) is 28.2 Å². The van der Waals surface area contributed by atoms with Crippen molar-refractivity contribution >= 4 is 37.6 Å². The second-order valence-electron chi connectivity index (χ2n) is 4.22. The average molecular weight is 371 g/mol. The maximum absolute atomic E-state index is 12.5. The van der Waals surface area contributed by atoms with Crippen LogP contribution in [0, 0.1) is 0 Å². The van der Waals surface area contributed by atoms with Crippen molar-refractivity contribution in [2.24, 2.45) is 0 Å². The van der Waals surface area contributed by atoms with Crippen LogP contribution in [-0.4, -0.2) is 39.5 Å². The first-order valence-corrected chi connectivity index (χ1v) is 8.42. The molecule has 108 valence electrons. The Kier molecular flexibility index (Phi) is 6.26. The van der Waals surface area contributed by atoms with Crippen molar-refractivity contribution in [1.82, 2.24) is 4.31 Å². The molecule has 0 N–H and O–H groups in total. The summed E-state index contributed by atoms with van der Waals surface area (Å²) in [5.41, 5.74) is 0.861. The van der Waals surface area contributed by atoms with Crippen LogP contribution in [0.5, 0.6) is 0 Å². The fraction of sp³-hybridized carbons (Fsp3) is 0.500. The van der Waals surface area contributed by atoms with Crippen LogP contribution in [0.25, 0.3) is 0 Å². The molecule has 0 heterocycles. The number of likely N-dealkylation sites (N-methyl/N-ethyl adjacent to an activating group) is 1. The molecule has 1 unspecified atom stereocenters. The smallest absolute Gasteiger partial charge is 0.244 e. The number of ether oxygens (including phenoxy) is 1. The molecule has 0 aliphatic carbocycles. The molecule has 0 spiro atoms. The van der Waals surface area contributed by atoms with E-state index < -0.39 is 10.0 Å². The lowest BCUT2D eigenvalue weighted by molar-refractivity contribution is 0.149. The van der Waals surface area contributed by atoms with Gasteiger partial charge in [0.05, 0.1) is 11.5 Å². The first-order valence-electron chi connectivity index (χ1n) is 5.66. The number of sulfonamides is 1. The third kappa shape index (κ3) is 3.92. The van der Waals surface area contributed by atoms with Gasteiger partial charge in [0.15, 0.2) is 0 Å². The lowest BCUT2D eigenvalue weighted by Crippen LogP contribution is -2.37. The summed E-state index contributed by atoms with van der Waals surface area (Å²) in [6.45, 7) is 2.13. The van der Waals surface area contributed by atoms with E-state index in [1.165, 1.54) is 4.31 Å². The molecule has 0 aromatic heterocycles. The summed E-state index contributed by atoms with van der Waals surface area (Å²) in [5, 5.41) is 0. The fourth-order valence-corrected chi connectivity index (χ4v) is 4.17. The minimum Gasteiger partial charge on any atom is -0.383 e. The summed E-state index contributed by atoms with van der Waals surface area (Å²) in [7, 11) is -0.466. The maximum Gasteiger partial charge on any atom is 0.244 e. The van der Waals surface area contributed by atoms with Gasteiger partial charge in [-0.15, -0.1) is 11.6 Å². The number of hydrogen-bond acceptors (Lipinski definition) is 3. The molecule has 0 fully saturated rings. The summed E-state index contributed by atoms with van der Waals surface area (Å²) in [6.07, 6.45) is 0. The Balaban J connectivity index is 3.13. The molecule has 1 aromatic carbocycles. The minimum absolute atomic E-state index is 0.229. The van der Waals surface area contributed by atoms with E-state index >= 15 is 0 Å². The van der Waals surface area contributed by atoms with Gasteiger partial charge in [-0.3, -0.25) is 0 Å². The Morgan fingerprint density at radius 3 is 2.58 bits per heavy atom. The molecule has 0 amide bonds. The highest BCUT2D eigenvalue weighted by Gasteiger charge is 2.27. The molecule has 1 aromatic rings. The van der Waals surface area contributed by atoms with Gasteiger partial charge in [-0.2, -0.15) is 4.31 Å². The van der Waals surface area contributed by atoms with Gasteiger partial charge >= 0.3 is 0 Å². The normalized spacial score (nSPS) is 13.8. The van der Waals surface area contributed by atoms with E-state index in [2.05, 4.69) is 15.9 Å². The number of hydrogen-bond donors (Lipinski definition) is 0. The molecule has 0 radical (unpaired) electrons. The van der Waals surface area contributed by atoms with E-state index in [1.54, 1.807) is 39.3 Å². The summed E-state index contributed by atoms with van der Waals surface area (Å²) >= 11 is 9.01. The molecular formula is C12H17BrClNO3S. The molecule has 19 heavy (non-hydrogen) atoms. The van der Waals surface area contributed by atoms with Crippen LogP contribution in [0.15, 0.2) is 27.6 Å². The summed E-state index contributed by atoms with van der Waals surface area (Å²) in [6, 6.07) is 4.75. The molecule has 0 saturated heterocycles. The van der Waals surface area contributed by atoms with Crippen molar-refractivity contribution in [3.8, 4) is 0 Å². The van der Waals surface area contributed by atoms with Gasteiger partial charge in [-0.1, -0.05) is 6.07 Å². The molecule has 1 atom stereocenters. The number of halogens is 2.